The zero-order chi connectivity index (χ0) is 14.5. The highest BCUT2D eigenvalue weighted by molar-refractivity contribution is 9.10. The molecule has 0 unspecified atom stereocenters. The maximum Gasteiger partial charge on any atom is 0.119 e. The van der Waals surface area contributed by atoms with Crippen LogP contribution in [0.1, 0.15) is 39.7 Å². The van der Waals surface area contributed by atoms with E-state index in [0.29, 0.717) is 6.61 Å². The van der Waals surface area contributed by atoms with Crippen LogP contribution in [-0.4, -0.2) is 12.1 Å². The summed E-state index contributed by atoms with van der Waals surface area (Å²) in [6.07, 6.45) is 0.894. The molecule has 2 nitrogen and oxygen atoms in total. The molecule has 0 aromatic heterocycles. The fourth-order valence-electron chi connectivity index (χ4n) is 1.48. The van der Waals surface area contributed by atoms with Crippen LogP contribution in [0.2, 0.25) is 0 Å². The van der Waals surface area contributed by atoms with Crippen molar-refractivity contribution in [3.05, 3.63) is 40.4 Å². The molecule has 0 aliphatic rings. The first kappa shape index (κ1) is 16.3. The Hall–Kier alpha value is -0.800. The molecule has 0 radical (unpaired) electrons. The molecule has 1 rings (SSSR count). The molecule has 19 heavy (non-hydrogen) atoms. The van der Waals surface area contributed by atoms with Gasteiger partial charge in [-0.1, -0.05) is 21.5 Å². The average molecular weight is 326 g/mol. The zero-order valence-electron chi connectivity index (χ0n) is 12.3. The Labute approximate surface area is 125 Å². The second-order valence-electron chi connectivity index (χ2n) is 5.91. The number of benzene rings is 1. The molecule has 0 heterocycles. The van der Waals surface area contributed by atoms with E-state index in [4.69, 9.17) is 4.74 Å². The summed E-state index contributed by atoms with van der Waals surface area (Å²) in [5, 5.41) is 3.48. The van der Waals surface area contributed by atoms with Crippen molar-refractivity contribution in [1.82, 2.24) is 5.32 Å². The fourth-order valence-corrected chi connectivity index (χ4v) is 1.87. The normalized spacial score (nSPS) is 11.4. The van der Waals surface area contributed by atoms with Gasteiger partial charge in [-0.3, -0.25) is 0 Å². The molecule has 1 aromatic rings. The number of nitrogens with one attached hydrogen (secondary N) is 1. The fraction of sp³-hybridized carbons (Fsp3) is 0.500. The maximum absolute atomic E-state index is 5.73. The summed E-state index contributed by atoms with van der Waals surface area (Å²) in [4.78, 5) is 0. The third-order valence-corrected chi connectivity index (χ3v) is 3.40. The van der Waals surface area contributed by atoms with Crippen molar-refractivity contribution in [1.29, 1.82) is 0 Å². The molecule has 0 aliphatic heterocycles. The van der Waals surface area contributed by atoms with Crippen LogP contribution < -0.4 is 10.1 Å². The van der Waals surface area contributed by atoms with E-state index in [9.17, 15) is 0 Å². The quantitative estimate of drug-likeness (QED) is 0.766. The van der Waals surface area contributed by atoms with Gasteiger partial charge in [0.05, 0.1) is 6.61 Å². The summed E-state index contributed by atoms with van der Waals surface area (Å²) in [7, 11) is 0. The lowest BCUT2D eigenvalue weighted by atomic mass is 10.1. The van der Waals surface area contributed by atoms with E-state index in [1.165, 1.54) is 5.56 Å². The van der Waals surface area contributed by atoms with E-state index in [-0.39, 0.29) is 5.54 Å². The van der Waals surface area contributed by atoms with Crippen molar-refractivity contribution in [3.63, 3.8) is 0 Å². The monoisotopic (exact) mass is 325 g/mol. The summed E-state index contributed by atoms with van der Waals surface area (Å²) >= 11 is 3.58. The SMILES string of the molecule is C=C(C)CCOc1ccc(Br)c(CNC(C)(C)C)c1. The molecule has 0 bridgehead atoms. The van der Waals surface area contributed by atoms with Crippen LogP contribution in [-0.2, 0) is 6.54 Å². The van der Waals surface area contributed by atoms with E-state index >= 15 is 0 Å². The molecule has 0 amide bonds. The van der Waals surface area contributed by atoms with Crippen LogP contribution >= 0.6 is 15.9 Å². The minimum absolute atomic E-state index is 0.107. The van der Waals surface area contributed by atoms with E-state index in [1.807, 2.05) is 19.1 Å². The Balaban J connectivity index is 2.63. The Bertz CT molecular complexity index is 435. The van der Waals surface area contributed by atoms with E-state index in [0.717, 1.165) is 28.8 Å². The molecule has 0 saturated heterocycles. The minimum atomic E-state index is 0.107. The van der Waals surface area contributed by atoms with E-state index in [1.54, 1.807) is 0 Å². The summed E-state index contributed by atoms with van der Waals surface area (Å²) in [5.41, 5.74) is 2.46. The number of hydrogen-bond donors (Lipinski definition) is 1. The Morgan fingerprint density at radius 3 is 2.63 bits per heavy atom. The van der Waals surface area contributed by atoms with Crippen molar-refractivity contribution in [2.24, 2.45) is 0 Å². The lowest BCUT2D eigenvalue weighted by molar-refractivity contribution is 0.321. The first-order valence-electron chi connectivity index (χ1n) is 6.58. The summed E-state index contributed by atoms with van der Waals surface area (Å²) in [5.74, 6) is 0.912. The van der Waals surface area contributed by atoms with Gasteiger partial charge in [-0.15, -0.1) is 6.58 Å². The molecule has 0 atom stereocenters. The standard InChI is InChI=1S/C16H24BrNO/c1-12(2)8-9-19-14-6-7-15(17)13(10-14)11-18-16(3,4)5/h6-7,10,18H,1,8-9,11H2,2-5H3. The second-order valence-corrected chi connectivity index (χ2v) is 6.77. The minimum Gasteiger partial charge on any atom is -0.493 e. The largest absolute Gasteiger partial charge is 0.493 e. The third-order valence-electron chi connectivity index (χ3n) is 2.62. The molecule has 0 saturated carbocycles. The lowest BCUT2D eigenvalue weighted by Gasteiger charge is -2.21. The topological polar surface area (TPSA) is 21.3 Å². The van der Waals surface area contributed by atoms with Crippen molar-refractivity contribution in [3.8, 4) is 5.75 Å². The predicted octanol–water partition coefficient (Wildman–Crippen LogP) is 4.68. The van der Waals surface area contributed by atoms with Crippen LogP contribution in [0.5, 0.6) is 5.75 Å². The molecular formula is C16H24BrNO. The van der Waals surface area contributed by atoms with Crippen LogP contribution in [0.3, 0.4) is 0 Å². The predicted molar refractivity (Wildman–Crippen MR) is 85.7 cm³/mol. The Morgan fingerprint density at radius 2 is 2.05 bits per heavy atom. The molecule has 3 heteroatoms. The van der Waals surface area contributed by atoms with Gasteiger partial charge in [0.1, 0.15) is 5.75 Å². The highest BCUT2D eigenvalue weighted by Gasteiger charge is 2.10. The van der Waals surface area contributed by atoms with E-state index in [2.05, 4.69) is 54.7 Å². The first-order valence-corrected chi connectivity index (χ1v) is 7.38. The van der Waals surface area contributed by atoms with Gasteiger partial charge in [0, 0.05) is 23.0 Å². The summed E-state index contributed by atoms with van der Waals surface area (Å²) < 4.78 is 6.84. The number of hydrogen-bond acceptors (Lipinski definition) is 2. The van der Waals surface area contributed by atoms with Gasteiger partial charge < -0.3 is 10.1 Å². The molecule has 1 N–H and O–H groups in total. The zero-order valence-corrected chi connectivity index (χ0v) is 13.9. The van der Waals surface area contributed by atoms with Crippen molar-refractivity contribution in [2.75, 3.05) is 6.61 Å². The van der Waals surface area contributed by atoms with Gasteiger partial charge in [0.15, 0.2) is 0 Å². The highest BCUT2D eigenvalue weighted by atomic mass is 79.9. The first-order chi connectivity index (χ1) is 8.78. The second kappa shape index (κ2) is 7.11. The van der Waals surface area contributed by atoms with E-state index < -0.39 is 0 Å². The summed E-state index contributed by atoms with van der Waals surface area (Å²) in [6, 6.07) is 6.11. The smallest absolute Gasteiger partial charge is 0.119 e. The Morgan fingerprint density at radius 1 is 1.37 bits per heavy atom. The molecule has 1 aromatic carbocycles. The van der Waals surface area contributed by atoms with Gasteiger partial charge in [-0.25, -0.2) is 0 Å². The average Bonchev–Trinajstić information content (AvgIpc) is 2.28. The molecule has 0 aliphatic carbocycles. The number of rotatable bonds is 6. The number of ether oxygens (including phenoxy) is 1. The molecular weight excluding hydrogens is 302 g/mol. The van der Waals surface area contributed by atoms with Gasteiger partial charge in [0.2, 0.25) is 0 Å². The van der Waals surface area contributed by atoms with Crippen LogP contribution in [0.4, 0.5) is 0 Å². The summed E-state index contributed by atoms with van der Waals surface area (Å²) in [6.45, 7) is 13.9. The van der Waals surface area contributed by atoms with Gasteiger partial charge in [-0.05, 0) is 51.5 Å². The molecule has 106 valence electrons. The van der Waals surface area contributed by atoms with Crippen LogP contribution in [0.15, 0.2) is 34.8 Å². The van der Waals surface area contributed by atoms with Gasteiger partial charge in [0.25, 0.3) is 0 Å². The highest BCUT2D eigenvalue weighted by Crippen LogP contribution is 2.23. The van der Waals surface area contributed by atoms with Gasteiger partial charge >= 0.3 is 0 Å². The third kappa shape index (κ3) is 6.79. The molecule has 0 fully saturated rings. The lowest BCUT2D eigenvalue weighted by Crippen LogP contribution is -2.35. The van der Waals surface area contributed by atoms with Gasteiger partial charge in [-0.2, -0.15) is 0 Å². The van der Waals surface area contributed by atoms with Crippen molar-refractivity contribution in [2.45, 2.75) is 46.2 Å². The van der Waals surface area contributed by atoms with Crippen molar-refractivity contribution < 1.29 is 4.74 Å². The van der Waals surface area contributed by atoms with Crippen molar-refractivity contribution >= 4 is 15.9 Å². The molecule has 0 spiro atoms. The van der Waals surface area contributed by atoms with Crippen LogP contribution in [0.25, 0.3) is 0 Å². The Kier molecular flexibility index (Phi) is 6.08. The maximum atomic E-state index is 5.73. The number of halogens is 1. The van der Waals surface area contributed by atoms with Crippen LogP contribution in [0, 0.1) is 0 Å².